The summed E-state index contributed by atoms with van der Waals surface area (Å²) in [6.07, 6.45) is 2.44. The Hall–Kier alpha value is -2.67. The molecule has 130 valence electrons. The van der Waals surface area contributed by atoms with E-state index in [1.54, 1.807) is 11.8 Å². The number of amides is 1. The van der Waals surface area contributed by atoms with Crippen LogP contribution < -0.4 is 0 Å². The Kier molecular flexibility index (Phi) is 4.23. The summed E-state index contributed by atoms with van der Waals surface area (Å²) in [5.41, 5.74) is 1.14. The van der Waals surface area contributed by atoms with E-state index >= 15 is 0 Å². The second-order valence-electron chi connectivity index (χ2n) is 6.16. The second-order valence-corrected chi connectivity index (χ2v) is 6.16. The molecule has 0 spiro atoms. The molecule has 1 aliphatic heterocycles. The van der Waals surface area contributed by atoms with E-state index in [2.05, 4.69) is 33.0 Å². The van der Waals surface area contributed by atoms with Crippen LogP contribution in [-0.4, -0.2) is 45.3 Å². The van der Waals surface area contributed by atoms with Gasteiger partial charge >= 0.3 is 0 Å². The van der Waals surface area contributed by atoms with Crippen LogP contribution in [0.25, 0.3) is 10.9 Å². The highest BCUT2D eigenvalue weighted by Crippen LogP contribution is 2.24. The predicted molar refractivity (Wildman–Crippen MR) is 90.9 cm³/mol. The fourth-order valence-corrected chi connectivity index (χ4v) is 3.25. The summed E-state index contributed by atoms with van der Waals surface area (Å²) in [4.78, 5) is 14.6. The van der Waals surface area contributed by atoms with Crippen molar-refractivity contribution in [3.8, 4) is 0 Å². The topological polar surface area (TPSA) is 73.4 Å². The third-order valence-electron chi connectivity index (χ3n) is 4.52. The third kappa shape index (κ3) is 3.15. The zero-order valence-electron chi connectivity index (χ0n) is 14.1. The summed E-state index contributed by atoms with van der Waals surface area (Å²) in [7, 11) is 0. The molecule has 7 heteroatoms. The predicted octanol–water partition coefficient (Wildman–Crippen LogP) is 2.32. The summed E-state index contributed by atoms with van der Waals surface area (Å²) in [5.74, 6) is 1.01. The van der Waals surface area contributed by atoms with Crippen LogP contribution >= 0.6 is 0 Å². The molecule has 0 radical (unpaired) electrons. The zero-order chi connectivity index (χ0) is 17.2. The van der Waals surface area contributed by atoms with Crippen LogP contribution in [0.2, 0.25) is 0 Å². The van der Waals surface area contributed by atoms with Crippen molar-refractivity contribution >= 4 is 16.8 Å². The number of carbonyl (C=O) groups excluding carboxylic acids is 1. The Morgan fingerprint density at radius 1 is 1.28 bits per heavy atom. The largest absolute Gasteiger partial charge is 0.423 e. The van der Waals surface area contributed by atoms with Crippen LogP contribution in [0.5, 0.6) is 0 Å². The number of para-hydroxylation sites is 1. The van der Waals surface area contributed by atoms with Crippen molar-refractivity contribution < 1.29 is 13.9 Å². The van der Waals surface area contributed by atoms with Crippen LogP contribution in [0.3, 0.4) is 0 Å². The number of aromatic nitrogens is 3. The number of morpholine rings is 1. The van der Waals surface area contributed by atoms with Gasteiger partial charge in [-0.3, -0.25) is 4.79 Å². The van der Waals surface area contributed by atoms with Crippen molar-refractivity contribution in [2.24, 2.45) is 0 Å². The van der Waals surface area contributed by atoms with Gasteiger partial charge < -0.3 is 18.6 Å². The summed E-state index contributed by atoms with van der Waals surface area (Å²) < 4.78 is 13.1. The lowest BCUT2D eigenvalue weighted by Gasteiger charge is -2.33. The van der Waals surface area contributed by atoms with Crippen LogP contribution in [-0.2, 0) is 16.1 Å². The molecule has 0 saturated carbocycles. The molecule has 3 heterocycles. The van der Waals surface area contributed by atoms with Crippen LogP contribution in [0.4, 0.5) is 0 Å². The number of rotatable bonds is 4. The number of nitrogens with zero attached hydrogens (tertiary/aromatic N) is 4. The average Bonchev–Trinajstić information content (AvgIpc) is 3.26. The quantitative estimate of drug-likeness (QED) is 0.729. The summed E-state index contributed by atoms with van der Waals surface area (Å²) >= 11 is 0. The molecule has 0 aliphatic carbocycles. The molecule has 1 fully saturated rings. The van der Waals surface area contributed by atoms with Gasteiger partial charge in [0.1, 0.15) is 6.04 Å². The fourth-order valence-electron chi connectivity index (χ4n) is 3.25. The molecule has 1 atom stereocenters. The first-order valence-electron chi connectivity index (χ1n) is 8.43. The Labute approximate surface area is 145 Å². The standard InChI is InChI=1S/C18H20N4O3/c1-13-19-20-18(25-13)16-12-24-11-10-22(16)17(23)7-9-21-8-6-14-4-2-3-5-15(14)21/h2-6,8,16H,7,9-12H2,1H3/t16-/m1/s1. The Morgan fingerprint density at radius 3 is 3.00 bits per heavy atom. The number of fused-ring (bicyclic) bond motifs is 1. The lowest BCUT2D eigenvalue weighted by atomic mass is 10.2. The first-order chi connectivity index (χ1) is 12.2. The van der Waals surface area contributed by atoms with Gasteiger partial charge in [-0.15, -0.1) is 10.2 Å². The SMILES string of the molecule is Cc1nnc([C@H]2COCCN2C(=O)CCn2ccc3ccccc32)o1. The molecule has 0 bridgehead atoms. The highest BCUT2D eigenvalue weighted by Gasteiger charge is 2.32. The van der Waals surface area contributed by atoms with E-state index in [4.69, 9.17) is 9.15 Å². The fraction of sp³-hybridized carbons (Fsp3) is 0.389. The number of benzene rings is 1. The Morgan fingerprint density at radius 2 is 2.16 bits per heavy atom. The summed E-state index contributed by atoms with van der Waals surface area (Å²) in [5, 5.41) is 9.10. The van der Waals surface area contributed by atoms with Gasteiger partial charge in [0.15, 0.2) is 0 Å². The molecule has 4 rings (SSSR count). The van der Waals surface area contributed by atoms with Gasteiger partial charge in [0, 0.05) is 38.1 Å². The molecular weight excluding hydrogens is 320 g/mol. The van der Waals surface area contributed by atoms with E-state index in [1.807, 2.05) is 18.3 Å². The van der Waals surface area contributed by atoms with Crippen LogP contribution in [0.1, 0.15) is 24.2 Å². The van der Waals surface area contributed by atoms with Crippen molar-refractivity contribution in [3.05, 3.63) is 48.3 Å². The lowest BCUT2D eigenvalue weighted by Crippen LogP contribution is -2.43. The van der Waals surface area contributed by atoms with Crippen molar-refractivity contribution in [1.82, 2.24) is 19.7 Å². The van der Waals surface area contributed by atoms with Crippen LogP contribution in [0.15, 0.2) is 40.9 Å². The molecule has 3 aromatic rings. The molecule has 1 aromatic carbocycles. The monoisotopic (exact) mass is 340 g/mol. The minimum absolute atomic E-state index is 0.0712. The van der Waals surface area contributed by atoms with Crippen molar-refractivity contribution in [2.45, 2.75) is 25.9 Å². The average molecular weight is 340 g/mol. The minimum Gasteiger partial charge on any atom is -0.423 e. The number of aryl methyl sites for hydroxylation is 2. The van der Waals surface area contributed by atoms with Gasteiger partial charge in [-0.2, -0.15) is 0 Å². The number of hydrogen-bond donors (Lipinski definition) is 0. The molecule has 0 N–H and O–H groups in total. The third-order valence-corrected chi connectivity index (χ3v) is 4.52. The van der Waals surface area contributed by atoms with E-state index in [0.29, 0.717) is 44.5 Å². The molecule has 7 nitrogen and oxygen atoms in total. The molecular formula is C18H20N4O3. The van der Waals surface area contributed by atoms with E-state index < -0.39 is 0 Å². The van der Waals surface area contributed by atoms with Gasteiger partial charge in [-0.05, 0) is 17.5 Å². The zero-order valence-corrected chi connectivity index (χ0v) is 14.1. The highest BCUT2D eigenvalue weighted by atomic mass is 16.5. The molecule has 1 aliphatic rings. The number of hydrogen-bond acceptors (Lipinski definition) is 5. The molecule has 1 amide bonds. The van der Waals surface area contributed by atoms with Crippen molar-refractivity contribution in [3.63, 3.8) is 0 Å². The summed E-state index contributed by atoms with van der Waals surface area (Å²) in [6, 6.07) is 9.93. The maximum absolute atomic E-state index is 12.8. The van der Waals surface area contributed by atoms with Gasteiger partial charge in [-0.25, -0.2) is 0 Å². The lowest BCUT2D eigenvalue weighted by molar-refractivity contribution is -0.141. The maximum atomic E-state index is 12.8. The Balaban J connectivity index is 1.47. The van der Waals surface area contributed by atoms with Gasteiger partial charge in [0.2, 0.25) is 17.7 Å². The van der Waals surface area contributed by atoms with Gasteiger partial charge in [-0.1, -0.05) is 18.2 Å². The van der Waals surface area contributed by atoms with Crippen LogP contribution in [0, 0.1) is 6.92 Å². The maximum Gasteiger partial charge on any atom is 0.241 e. The van der Waals surface area contributed by atoms with E-state index in [-0.39, 0.29) is 11.9 Å². The van der Waals surface area contributed by atoms with E-state index in [1.165, 1.54) is 5.39 Å². The highest BCUT2D eigenvalue weighted by molar-refractivity contribution is 5.80. The molecule has 2 aromatic heterocycles. The Bertz CT molecular complexity index is 885. The molecule has 25 heavy (non-hydrogen) atoms. The van der Waals surface area contributed by atoms with Crippen molar-refractivity contribution in [1.29, 1.82) is 0 Å². The first-order valence-corrected chi connectivity index (χ1v) is 8.43. The second kappa shape index (κ2) is 6.68. The first kappa shape index (κ1) is 15.8. The minimum atomic E-state index is -0.302. The number of carbonyl (C=O) groups is 1. The van der Waals surface area contributed by atoms with E-state index in [0.717, 1.165) is 5.52 Å². The van der Waals surface area contributed by atoms with Crippen molar-refractivity contribution in [2.75, 3.05) is 19.8 Å². The number of ether oxygens (including phenoxy) is 1. The van der Waals surface area contributed by atoms with Gasteiger partial charge in [0.05, 0.1) is 13.2 Å². The normalized spacial score (nSPS) is 18.0. The van der Waals surface area contributed by atoms with Gasteiger partial charge in [0.25, 0.3) is 0 Å². The smallest absolute Gasteiger partial charge is 0.241 e. The van der Waals surface area contributed by atoms with E-state index in [9.17, 15) is 4.79 Å². The summed E-state index contributed by atoms with van der Waals surface area (Å²) in [6.45, 7) is 3.84. The molecule has 0 unspecified atom stereocenters. The molecule has 1 saturated heterocycles.